The third-order valence-corrected chi connectivity index (χ3v) is 7.31. The van der Waals surface area contributed by atoms with Gasteiger partial charge >= 0.3 is 0 Å². The van der Waals surface area contributed by atoms with Gasteiger partial charge in [-0.05, 0) is 37.8 Å². The summed E-state index contributed by atoms with van der Waals surface area (Å²) < 4.78 is 1.96. The third kappa shape index (κ3) is 4.20. The van der Waals surface area contributed by atoms with E-state index in [9.17, 15) is 9.59 Å². The highest BCUT2D eigenvalue weighted by molar-refractivity contribution is 5.82. The minimum absolute atomic E-state index is 0.0617. The van der Waals surface area contributed by atoms with Crippen LogP contribution in [-0.2, 0) is 4.79 Å². The molecular formula is C24H33N5O2. The maximum Gasteiger partial charge on any atom is 0.296 e. The average Bonchev–Trinajstić information content (AvgIpc) is 3.19. The molecule has 0 atom stereocenters. The molecule has 1 aromatic carbocycles. The maximum absolute atomic E-state index is 13.5. The fourth-order valence-corrected chi connectivity index (χ4v) is 5.62. The number of carbonyl (C=O) groups is 1. The van der Waals surface area contributed by atoms with Gasteiger partial charge in [0, 0.05) is 31.6 Å². The van der Waals surface area contributed by atoms with E-state index in [0.29, 0.717) is 24.8 Å². The highest BCUT2D eigenvalue weighted by Crippen LogP contribution is 2.30. The van der Waals surface area contributed by atoms with Crippen molar-refractivity contribution in [1.29, 1.82) is 0 Å². The topological polar surface area (TPSA) is 70.5 Å². The van der Waals surface area contributed by atoms with Crippen molar-refractivity contribution >= 4 is 22.8 Å². The number of hydrazine groups is 1. The first-order chi connectivity index (χ1) is 15.2. The predicted molar refractivity (Wildman–Crippen MR) is 122 cm³/mol. The molecule has 1 saturated carbocycles. The molecule has 0 bridgehead atoms. The number of piperidine rings is 1. The molecule has 0 spiro atoms. The molecule has 0 unspecified atom stereocenters. The van der Waals surface area contributed by atoms with Crippen LogP contribution in [0.1, 0.15) is 70.3 Å². The zero-order valence-corrected chi connectivity index (χ0v) is 18.3. The van der Waals surface area contributed by atoms with Gasteiger partial charge in [-0.1, -0.05) is 44.2 Å². The van der Waals surface area contributed by atoms with Crippen LogP contribution in [0.15, 0.2) is 29.1 Å². The van der Waals surface area contributed by atoms with Crippen molar-refractivity contribution in [3.05, 3.63) is 34.6 Å². The van der Waals surface area contributed by atoms with Gasteiger partial charge in [0.2, 0.25) is 11.7 Å². The van der Waals surface area contributed by atoms with E-state index in [1.165, 1.54) is 44.9 Å². The number of aromatic nitrogens is 2. The molecule has 1 aromatic heterocycles. The van der Waals surface area contributed by atoms with E-state index in [1.54, 1.807) is 5.01 Å². The molecule has 166 valence electrons. The molecule has 1 amide bonds. The van der Waals surface area contributed by atoms with Crippen LogP contribution in [0.2, 0.25) is 0 Å². The number of hydrogen-bond donors (Lipinski definition) is 1. The SMILES string of the molecule is O=C1CCN(c2nc3ccccc3n(C3CCN(C4CCCCCCC4)CC3)c2=O)N1. The lowest BCUT2D eigenvalue weighted by molar-refractivity contribution is -0.119. The Hall–Kier alpha value is -2.41. The zero-order chi connectivity index (χ0) is 21.2. The minimum Gasteiger partial charge on any atom is -0.300 e. The Kier molecular flexibility index (Phi) is 5.94. The Bertz CT molecular complexity index is 987. The summed E-state index contributed by atoms with van der Waals surface area (Å²) >= 11 is 0. The van der Waals surface area contributed by atoms with Crippen LogP contribution in [0.4, 0.5) is 5.82 Å². The number of para-hydroxylation sites is 2. The first-order valence-corrected chi connectivity index (χ1v) is 12.0. The monoisotopic (exact) mass is 423 g/mol. The van der Waals surface area contributed by atoms with Gasteiger partial charge in [0.25, 0.3) is 5.56 Å². The fourth-order valence-electron chi connectivity index (χ4n) is 5.62. The Labute approximate surface area is 183 Å². The van der Waals surface area contributed by atoms with Crippen LogP contribution in [0.3, 0.4) is 0 Å². The van der Waals surface area contributed by atoms with Crippen molar-refractivity contribution in [2.45, 2.75) is 76.3 Å². The molecule has 1 aliphatic carbocycles. The van der Waals surface area contributed by atoms with Gasteiger partial charge in [-0.15, -0.1) is 0 Å². The second-order valence-corrected chi connectivity index (χ2v) is 9.30. The lowest BCUT2D eigenvalue weighted by Gasteiger charge is -2.39. The number of fused-ring (bicyclic) bond motifs is 1. The van der Waals surface area contributed by atoms with E-state index >= 15 is 0 Å². The molecule has 7 nitrogen and oxygen atoms in total. The standard InChI is InChI=1S/C24H33N5O2/c30-22-14-17-28(26-22)23-24(31)29(21-11-7-6-10-20(21)25-23)19-12-15-27(16-13-19)18-8-4-2-1-3-5-9-18/h6-7,10-11,18-19H,1-5,8-9,12-17H2,(H,26,30). The highest BCUT2D eigenvalue weighted by Gasteiger charge is 2.30. The summed E-state index contributed by atoms with van der Waals surface area (Å²) in [6.07, 6.45) is 11.9. The first-order valence-electron chi connectivity index (χ1n) is 12.0. The van der Waals surface area contributed by atoms with E-state index in [1.807, 2.05) is 28.8 Å². The fraction of sp³-hybridized carbons (Fsp3) is 0.625. The van der Waals surface area contributed by atoms with Gasteiger partial charge in [-0.3, -0.25) is 20.0 Å². The molecule has 0 radical (unpaired) electrons. The molecule has 2 saturated heterocycles. The molecular weight excluding hydrogens is 390 g/mol. The zero-order valence-electron chi connectivity index (χ0n) is 18.3. The van der Waals surface area contributed by atoms with Crippen LogP contribution in [0, 0.1) is 0 Å². The number of anilines is 1. The molecule has 3 fully saturated rings. The van der Waals surface area contributed by atoms with Crippen LogP contribution in [0.25, 0.3) is 11.0 Å². The Morgan fingerprint density at radius 2 is 1.55 bits per heavy atom. The summed E-state index contributed by atoms with van der Waals surface area (Å²) in [6, 6.07) is 8.76. The largest absolute Gasteiger partial charge is 0.300 e. The van der Waals surface area contributed by atoms with Crippen molar-refractivity contribution in [2.75, 3.05) is 24.6 Å². The van der Waals surface area contributed by atoms with Crippen molar-refractivity contribution < 1.29 is 4.79 Å². The van der Waals surface area contributed by atoms with Gasteiger partial charge in [0.15, 0.2) is 0 Å². The quantitative estimate of drug-likeness (QED) is 0.820. The molecule has 7 heteroatoms. The summed E-state index contributed by atoms with van der Waals surface area (Å²) in [5.41, 5.74) is 4.39. The Balaban J connectivity index is 1.40. The number of hydrogen-bond acceptors (Lipinski definition) is 5. The van der Waals surface area contributed by atoms with Crippen molar-refractivity contribution in [1.82, 2.24) is 19.9 Å². The number of carbonyl (C=O) groups excluding carboxylic acids is 1. The molecule has 3 heterocycles. The van der Waals surface area contributed by atoms with Crippen LogP contribution >= 0.6 is 0 Å². The van der Waals surface area contributed by atoms with Gasteiger partial charge in [0.1, 0.15) is 0 Å². The second kappa shape index (κ2) is 8.99. The number of nitrogens with zero attached hydrogens (tertiary/aromatic N) is 4. The van der Waals surface area contributed by atoms with E-state index in [4.69, 9.17) is 0 Å². The molecule has 2 aliphatic heterocycles. The van der Waals surface area contributed by atoms with Gasteiger partial charge < -0.3 is 9.47 Å². The van der Waals surface area contributed by atoms with Crippen LogP contribution in [0.5, 0.6) is 0 Å². The van der Waals surface area contributed by atoms with Crippen molar-refractivity contribution in [3.63, 3.8) is 0 Å². The van der Waals surface area contributed by atoms with Crippen LogP contribution < -0.4 is 16.0 Å². The Morgan fingerprint density at radius 3 is 2.26 bits per heavy atom. The number of benzene rings is 1. The molecule has 3 aliphatic rings. The predicted octanol–water partition coefficient (Wildman–Crippen LogP) is 3.39. The molecule has 1 N–H and O–H groups in total. The molecule has 31 heavy (non-hydrogen) atoms. The van der Waals surface area contributed by atoms with E-state index in [0.717, 1.165) is 37.0 Å². The highest BCUT2D eigenvalue weighted by atomic mass is 16.2. The van der Waals surface area contributed by atoms with Crippen molar-refractivity contribution in [3.8, 4) is 0 Å². The molecule has 5 rings (SSSR count). The third-order valence-electron chi connectivity index (χ3n) is 7.31. The number of nitrogens with one attached hydrogen (secondary N) is 1. The Morgan fingerprint density at radius 1 is 0.839 bits per heavy atom. The summed E-state index contributed by atoms with van der Waals surface area (Å²) in [5, 5.41) is 1.62. The smallest absolute Gasteiger partial charge is 0.296 e. The van der Waals surface area contributed by atoms with Gasteiger partial charge in [0.05, 0.1) is 17.6 Å². The number of rotatable bonds is 3. The lowest BCUT2D eigenvalue weighted by atomic mass is 9.93. The van der Waals surface area contributed by atoms with E-state index in [-0.39, 0.29) is 17.5 Å². The van der Waals surface area contributed by atoms with Gasteiger partial charge in [-0.25, -0.2) is 4.98 Å². The van der Waals surface area contributed by atoms with Gasteiger partial charge in [-0.2, -0.15) is 0 Å². The van der Waals surface area contributed by atoms with E-state index < -0.39 is 0 Å². The number of likely N-dealkylation sites (tertiary alicyclic amines) is 1. The second-order valence-electron chi connectivity index (χ2n) is 9.30. The van der Waals surface area contributed by atoms with Crippen LogP contribution in [-0.4, -0.2) is 46.0 Å². The lowest BCUT2D eigenvalue weighted by Crippen LogP contribution is -2.45. The minimum atomic E-state index is -0.0923. The van der Waals surface area contributed by atoms with Crippen molar-refractivity contribution in [2.24, 2.45) is 0 Å². The summed E-state index contributed by atoms with van der Waals surface area (Å²) in [7, 11) is 0. The summed E-state index contributed by atoms with van der Waals surface area (Å²) in [6.45, 7) is 2.59. The van der Waals surface area contributed by atoms with E-state index in [2.05, 4.69) is 15.3 Å². The normalized spacial score (nSPS) is 22.5. The maximum atomic E-state index is 13.5. The summed E-state index contributed by atoms with van der Waals surface area (Å²) in [5.74, 6) is 0.278. The first kappa shape index (κ1) is 20.5. The number of amides is 1. The average molecular weight is 424 g/mol. The summed E-state index contributed by atoms with van der Waals surface area (Å²) in [4.78, 5) is 32.6. The molecule has 2 aromatic rings.